The second-order valence-electron chi connectivity index (χ2n) is 4.44. The zero-order valence-corrected chi connectivity index (χ0v) is 10.7. The molecule has 1 saturated heterocycles. The molecular formula is C12H13N3O5. The smallest absolute Gasteiger partial charge is 0.323 e. The van der Waals surface area contributed by atoms with E-state index in [-0.39, 0.29) is 18.8 Å². The van der Waals surface area contributed by atoms with Crippen LogP contribution in [-0.4, -0.2) is 50.9 Å². The molecule has 1 atom stereocenters. The van der Waals surface area contributed by atoms with Crippen LogP contribution in [0, 0.1) is 0 Å². The molecule has 0 spiro atoms. The first kappa shape index (κ1) is 13.8. The highest BCUT2D eigenvalue weighted by Crippen LogP contribution is 2.12. The second-order valence-corrected chi connectivity index (χ2v) is 4.44. The van der Waals surface area contributed by atoms with Crippen molar-refractivity contribution in [2.24, 2.45) is 0 Å². The highest BCUT2D eigenvalue weighted by molar-refractivity contribution is 6.06. The van der Waals surface area contributed by atoms with E-state index in [2.05, 4.69) is 5.32 Å². The lowest BCUT2D eigenvalue weighted by Crippen LogP contribution is -2.58. The largest absolute Gasteiger partial charge is 0.480 e. The van der Waals surface area contributed by atoms with Crippen molar-refractivity contribution in [2.75, 3.05) is 6.54 Å². The standard InChI is InChI=1S/C12H13N3O5/c1-7-11(19)13-9(16)5-15(7)12(20)8-3-2-4-14(8)6-10(17)18/h2-4,7H,5-6H2,1H3,(H,17,18)(H,13,16,19). The van der Waals surface area contributed by atoms with E-state index in [0.717, 1.165) is 4.90 Å². The molecule has 1 aromatic heterocycles. The maximum atomic E-state index is 12.3. The van der Waals surface area contributed by atoms with Crippen LogP contribution in [-0.2, 0) is 20.9 Å². The van der Waals surface area contributed by atoms with E-state index in [4.69, 9.17) is 5.11 Å². The highest BCUT2D eigenvalue weighted by atomic mass is 16.4. The molecule has 2 N–H and O–H groups in total. The molecule has 1 unspecified atom stereocenters. The topological polar surface area (TPSA) is 109 Å². The number of piperazine rings is 1. The molecule has 1 aromatic rings. The molecule has 1 aliphatic heterocycles. The third-order valence-electron chi connectivity index (χ3n) is 3.04. The van der Waals surface area contributed by atoms with Gasteiger partial charge in [0.1, 0.15) is 24.8 Å². The van der Waals surface area contributed by atoms with Gasteiger partial charge in [-0.3, -0.25) is 24.5 Å². The number of carbonyl (C=O) groups excluding carboxylic acids is 3. The van der Waals surface area contributed by atoms with Gasteiger partial charge in [0.05, 0.1) is 0 Å². The lowest BCUT2D eigenvalue weighted by Gasteiger charge is -2.31. The minimum atomic E-state index is -1.09. The van der Waals surface area contributed by atoms with E-state index in [0.29, 0.717) is 0 Å². The van der Waals surface area contributed by atoms with Crippen molar-refractivity contribution in [3.05, 3.63) is 24.0 Å². The molecule has 0 aliphatic carbocycles. The van der Waals surface area contributed by atoms with Crippen molar-refractivity contribution in [1.82, 2.24) is 14.8 Å². The molecule has 1 aliphatic rings. The van der Waals surface area contributed by atoms with Crippen LogP contribution >= 0.6 is 0 Å². The Hall–Kier alpha value is -2.64. The van der Waals surface area contributed by atoms with Crippen LogP contribution < -0.4 is 5.32 Å². The third kappa shape index (κ3) is 2.53. The fourth-order valence-electron chi connectivity index (χ4n) is 2.00. The van der Waals surface area contributed by atoms with Crippen molar-refractivity contribution in [3.8, 4) is 0 Å². The molecule has 106 valence electrons. The number of aliphatic carboxylic acids is 1. The minimum absolute atomic E-state index is 0.127. The Balaban J connectivity index is 2.26. The first-order valence-electron chi connectivity index (χ1n) is 5.91. The van der Waals surface area contributed by atoms with Gasteiger partial charge in [0.2, 0.25) is 11.8 Å². The van der Waals surface area contributed by atoms with E-state index >= 15 is 0 Å². The summed E-state index contributed by atoms with van der Waals surface area (Å²) in [4.78, 5) is 47.1. The Kier molecular flexibility index (Phi) is 3.55. The van der Waals surface area contributed by atoms with Crippen LogP contribution in [0.2, 0.25) is 0 Å². The van der Waals surface area contributed by atoms with Crippen molar-refractivity contribution in [1.29, 1.82) is 0 Å². The van der Waals surface area contributed by atoms with E-state index < -0.39 is 29.7 Å². The van der Waals surface area contributed by atoms with Gasteiger partial charge in [-0.25, -0.2) is 0 Å². The predicted molar refractivity (Wildman–Crippen MR) is 65.7 cm³/mol. The van der Waals surface area contributed by atoms with Gasteiger partial charge >= 0.3 is 5.97 Å². The Morgan fingerprint density at radius 3 is 2.80 bits per heavy atom. The zero-order chi connectivity index (χ0) is 14.9. The quantitative estimate of drug-likeness (QED) is 0.694. The number of carbonyl (C=O) groups is 4. The minimum Gasteiger partial charge on any atom is -0.480 e. The number of nitrogens with one attached hydrogen (secondary N) is 1. The molecule has 3 amide bonds. The number of amides is 3. The average molecular weight is 279 g/mol. The number of rotatable bonds is 3. The summed E-state index contributed by atoms with van der Waals surface area (Å²) in [6, 6.07) is 2.20. The summed E-state index contributed by atoms with van der Waals surface area (Å²) in [6.45, 7) is 0.907. The van der Waals surface area contributed by atoms with Crippen LogP contribution in [0.1, 0.15) is 17.4 Å². The summed E-state index contributed by atoms with van der Waals surface area (Å²) in [5.74, 6) is -2.74. The highest BCUT2D eigenvalue weighted by Gasteiger charge is 2.34. The molecule has 8 nitrogen and oxygen atoms in total. The lowest BCUT2D eigenvalue weighted by atomic mass is 10.2. The number of carboxylic acids is 1. The van der Waals surface area contributed by atoms with Crippen molar-refractivity contribution < 1.29 is 24.3 Å². The molecule has 0 aromatic carbocycles. The van der Waals surface area contributed by atoms with Crippen LogP contribution in [0.25, 0.3) is 0 Å². The van der Waals surface area contributed by atoms with Crippen LogP contribution in [0.4, 0.5) is 0 Å². The van der Waals surface area contributed by atoms with Crippen molar-refractivity contribution in [2.45, 2.75) is 19.5 Å². The first-order chi connectivity index (χ1) is 9.40. The summed E-state index contributed by atoms with van der Waals surface area (Å²) < 4.78 is 1.26. The van der Waals surface area contributed by atoms with E-state index in [1.165, 1.54) is 29.8 Å². The fraction of sp³-hybridized carbons (Fsp3) is 0.333. The van der Waals surface area contributed by atoms with Gasteiger partial charge in [0.25, 0.3) is 5.91 Å². The third-order valence-corrected chi connectivity index (χ3v) is 3.04. The number of hydrogen-bond acceptors (Lipinski definition) is 4. The number of nitrogens with zero attached hydrogens (tertiary/aromatic N) is 2. The molecule has 20 heavy (non-hydrogen) atoms. The van der Waals surface area contributed by atoms with Gasteiger partial charge in [0.15, 0.2) is 0 Å². The van der Waals surface area contributed by atoms with E-state index in [1.807, 2.05) is 0 Å². The normalized spacial score (nSPS) is 18.9. The second kappa shape index (κ2) is 5.16. The number of aromatic nitrogens is 1. The molecule has 2 rings (SSSR count). The van der Waals surface area contributed by atoms with Gasteiger partial charge in [-0.1, -0.05) is 0 Å². The van der Waals surface area contributed by atoms with E-state index in [9.17, 15) is 19.2 Å². The summed E-state index contributed by atoms with van der Waals surface area (Å²) in [5.41, 5.74) is 0.127. The van der Waals surface area contributed by atoms with Gasteiger partial charge in [-0.15, -0.1) is 0 Å². The number of carboxylic acid groups (broad SMARTS) is 1. The van der Waals surface area contributed by atoms with Gasteiger partial charge in [0, 0.05) is 6.20 Å². The molecule has 8 heteroatoms. The Bertz CT molecular complexity index is 592. The summed E-state index contributed by atoms with van der Waals surface area (Å²) in [7, 11) is 0. The monoisotopic (exact) mass is 279 g/mol. The average Bonchev–Trinajstić information content (AvgIpc) is 2.80. The number of hydrogen-bond donors (Lipinski definition) is 2. The van der Waals surface area contributed by atoms with Gasteiger partial charge in [-0.05, 0) is 19.1 Å². The zero-order valence-electron chi connectivity index (χ0n) is 10.7. The molecular weight excluding hydrogens is 266 g/mol. The van der Waals surface area contributed by atoms with Crippen LogP contribution in [0.3, 0.4) is 0 Å². The SMILES string of the molecule is CC1C(=O)NC(=O)CN1C(=O)c1cccn1CC(=O)O. The maximum Gasteiger partial charge on any atom is 0.323 e. The molecule has 0 radical (unpaired) electrons. The Morgan fingerprint density at radius 1 is 1.45 bits per heavy atom. The molecule has 0 saturated carbocycles. The lowest BCUT2D eigenvalue weighted by molar-refractivity contribution is -0.139. The van der Waals surface area contributed by atoms with Crippen molar-refractivity contribution >= 4 is 23.7 Å². The molecule has 0 bridgehead atoms. The Morgan fingerprint density at radius 2 is 2.15 bits per heavy atom. The Labute approximate surface area is 114 Å². The summed E-state index contributed by atoms with van der Waals surface area (Å²) in [6.07, 6.45) is 1.46. The maximum absolute atomic E-state index is 12.3. The van der Waals surface area contributed by atoms with Crippen LogP contribution in [0.15, 0.2) is 18.3 Å². The van der Waals surface area contributed by atoms with Gasteiger partial charge in [-0.2, -0.15) is 0 Å². The molecule has 2 heterocycles. The van der Waals surface area contributed by atoms with Crippen LogP contribution in [0.5, 0.6) is 0 Å². The predicted octanol–water partition coefficient (Wildman–Crippen LogP) is -0.940. The van der Waals surface area contributed by atoms with E-state index in [1.54, 1.807) is 0 Å². The molecule has 1 fully saturated rings. The fourth-order valence-corrected chi connectivity index (χ4v) is 2.00. The van der Waals surface area contributed by atoms with Gasteiger partial charge < -0.3 is 14.6 Å². The first-order valence-corrected chi connectivity index (χ1v) is 5.91. The number of imide groups is 1. The summed E-state index contributed by atoms with van der Waals surface area (Å²) >= 11 is 0. The summed E-state index contributed by atoms with van der Waals surface area (Å²) in [5, 5.41) is 10.9. The van der Waals surface area contributed by atoms with Crippen molar-refractivity contribution in [3.63, 3.8) is 0 Å².